The molecule has 18 heavy (non-hydrogen) atoms. The molecule has 6 heteroatoms. The largest absolute Gasteiger partial charge is 0.444 e. The maximum absolute atomic E-state index is 12.0. The van der Waals surface area contributed by atoms with Crippen LogP contribution >= 0.6 is 11.3 Å². The maximum atomic E-state index is 12.0. The number of nitrogens with two attached hydrogens (primary N) is 1. The molecule has 0 aliphatic heterocycles. The Labute approximate surface area is 110 Å². The first kappa shape index (κ1) is 14.7. The van der Waals surface area contributed by atoms with Crippen LogP contribution < -0.4 is 11.1 Å². The molecule has 3 N–H and O–H groups in total. The van der Waals surface area contributed by atoms with Crippen molar-refractivity contribution < 1.29 is 14.3 Å². The second kappa shape index (κ2) is 5.97. The van der Waals surface area contributed by atoms with Gasteiger partial charge in [-0.05, 0) is 32.2 Å². The summed E-state index contributed by atoms with van der Waals surface area (Å²) in [5, 5.41) is 4.28. The summed E-state index contributed by atoms with van der Waals surface area (Å²) in [6.45, 7) is 5.30. The van der Waals surface area contributed by atoms with Gasteiger partial charge in [-0.2, -0.15) is 0 Å². The molecule has 0 aliphatic carbocycles. The van der Waals surface area contributed by atoms with Crippen molar-refractivity contribution in [3.05, 3.63) is 22.4 Å². The maximum Gasteiger partial charge on any atom is 0.408 e. The Hall–Kier alpha value is -1.40. The van der Waals surface area contributed by atoms with Crippen LogP contribution in [0.25, 0.3) is 0 Å². The van der Waals surface area contributed by atoms with Gasteiger partial charge in [0.1, 0.15) is 11.6 Å². The SMILES string of the molecule is CC(C)(C)OC(=O)NC(CN)C(=O)c1cccs1. The van der Waals surface area contributed by atoms with Crippen LogP contribution in [-0.4, -0.2) is 30.1 Å². The summed E-state index contributed by atoms with van der Waals surface area (Å²) in [4.78, 5) is 24.1. The van der Waals surface area contributed by atoms with Crippen molar-refractivity contribution in [2.75, 3.05) is 6.54 Å². The van der Waals surface area contributed by atoms with E-state index in [1.54, 1.807) is 38.3 Å². The standard InChI is InChI=1S/C12H18N2O3S/c1-12(2,3)17-11(16)14-8(7-13)10(15)9-5-4-6-18-9/h4-6,8H,7,13H2,1-3H3,(H,14,16). The van der Waals surface area contributed by atoms with E-state index in [9.17, 15) is 9.59 Å². The van der Waals surface area contributed by atoms with Gasteiger partial charge in [-0.15, -0.1) is 11.3 Å². The lowest BCUT2D eigenvalue weighted by Gasteiger charge is -2.22. The zero-order valence-electron chi connectivity index (χ0n) is 10.7. The predicted octanol–water partition coefficient (Wildman–Crippen LogP) is 1.78. The molecule has 0 fully saturated rings. The molecule has 0 aromatic carbocycles. The Morgan fingerprint density at radius 1 is 1.50 bits per heavy atom. The molecule has 0 saturated carbocycles. The van der Waals surface area contributed by atoms with Crippen molar-refractivity contribution in [3.63, 3.8) is 0 Å². The van der Waals surface area contributed by atoms with Crippen molar-refractivity contribution in [1.82, 2.24) is 5.32 Å². The normalized spacial score (nSPS) is 12.9. The molecule has 1 atom stereocenters. The van der Waals surface area contributed by atoms with Gasteiger partial charge in [0, 0.05) is 6.54 Å². The Kier molecular flexibility index (Phi) is 4.86. The van der Waals surface area contributed by atoms with Crippen LogP contribution in [0.4, 0.5) is 4.79 Å². The van der Waals surface area contributed by atoms with E-state index in [2.05, 4.69) is 5.32 Å². The second-order valence-electron chi connectivity index (χ2n) is 4.78. The van der Waals surface area contributed by atoms with Gasteiger partial charge in [-0.1, -0.05) is 6.07 Å². The summed E-state index contributed by atoms with van der Waals surface area (Å²) in [6.07, 6.45) is -0.636. The van der Waals surface area contributed by atoms with Gasteiger partial charge in [0.25, 0.3) is 0 Å². The third-order valence-electron chi connectivity index (χ3n) is 2.01. The van der Waals surface area contributed by atoms with Gasteiger partial charge < -0.3 is 15.8 Å². The number of rotatable bonds is 4. The average Bonchev–Trinajstić information content (AvgIpc) is 2.75. The van der Waals surface area contributed by atoms with E-state index in [-0.39, 0.29) is 12.3 Å². The predicted molar refractivity (Wildman–Crippen MR) is 70.9 cm³/mol. The van der Waals surface area contributed by atoms with E-state index < -0.39 is 17.7 Å². The Morgan fingerprint density at radius 2 is 2.17 bits per heavy atom. The topological polar surface area (TPSA) is 81.4 Å². The van der Waals surface area contributed by atoms with Gasteiger partial charge in [-0.3, -0.25) is 4.79 Å². The summed E-state index contributed by atoms with van der Waals surface area (Å²) >= 11 is 1.32. The molecule has 0 bridgehead atoms. The molecule has 1 aromatic heterocycles. The molecule has 100 valence electrons. The number of ketones is 1. The fourth-order valence-corrected chi connectivity index (χ4v) is 1.99. The third-order valence-corrected chi connectivity index (χ3v) is 2.89. The van der Waals surface area contributed by atoms with Gasteiger partial charge in [0.15, 0.2) is 5.78 Å². The highest BCUT2D eigenvalue weighted by atomic mass is 32.1. The zero-order chi connectivity index (χ0) is 13.8. The number of ether oxygens (including phenoxy) is 1. The van der Waals surface area contributed by atoms with Crippen LogP contribution in [0.3, 0.4) is 0 Å². The Balaban J connectivity index is 2.63. The minimum absolute atomic E-state index is 0.0377. The molecular formula is C12H18N2O3S. The molecular weight excluding hydrogens is 252 g/mol. The Morgan fingerprint density at radius 3 is 2.61 bits per heavy atom. The first-order valence-corrected chi connectivity index (χ1v) is 6.49. The molecule has 0 aliphatic rings. The monoisotopic (exact) mass is 270 g/mol. The second-order valence-corrected chi connectivity index (χ2v) is 5.72. The lowest BCUT2D eigenvalue weighted by molar-refractivity contribution is 0.0494. The first-order chi connectivity index (χ1) is 8.33. The third kappa shape index (κ3) is 4.46. The number of hydrogen-bond donors (Lipinski definition) is 2. The summed E-state index contributed by atoms with van der Waals surface area (Å²) in [6, 6.07) is 2.73. The van der Waals surface area contributed by atoms with Crippen LogP contribution in [-0.2, 0) is 4.74 Å². The lowest BCUT2D eigenvalue weighted by atomic mass is 10.1. The smallest absolute Gasteiger partial charge is 0.408 e. The molecule has 1 rings (SSSR count). The van der Waals surface area contributed by atoms with E-state index in [4.69, 9.17) is 10.5 Å². The highest BCUT2D eigenvalue weighted by Gasteiger charge is 2.24. The van der Waals surface area contributed by atoms with Crippen LogP contribution in [0, 0.1) is 0 Å². The quantitative estimate of drug-likeness (QED) is 0.817. The van der Waals surface area contributed by atoms with E-state index in [1.807, 2.05) is 0 Å². The zero-order valence-corrected chi connectivity index (χ0v) is 11.5. The molecule has 1 unspecified atom stereocenters. The minimum atomic E-state index is -0.751. The van der Waals surface area contributed by atoms with Crippen molar-refractivity contribution in [3.8, 4) is 0 Å². The number of carbonyl (C=O) groups excluding carboxylic acids is 2. The lowest BCUT2D eigenvalue weighted by Crippen LogP contribution is -2.47. The number of amides is 1. The van der Waals surface area contributed by atoms with E-state index in [1.165, 1.54) is 11.3 Å². The summed E-state index contributed by atoms with van der Waals surface area (Å²) < 4.78 is 5.08. The van der Waals surface area contributed by atoms with Crippen molar-refractivity contribution in [2.45, 2.75) is 32.4 Å². The van der Waals surface area contributed by atoms with Crippen LogP contribution in [0.1, 0.15) is 30.4 Å². The fourth-order valence-electron chi connectivity index (χ4n) is 1.27. The number of carbonyl (C=O) groups is 2. The Bertz CT molecular complexity index is 409. The fraction of sp³-hybridized carbons (Fsp3) is 0.500. The molecule has 0 spiro atoms. The van der Waals surface area contributed by atoms with Crippen molar-refractivity contribution in [1.29, 1.82) is 0 Å². The molecule has 1 heterocycles. The number of thiophene rings is 1. The van der Waals surface area contributed by atoms with Gasteiger partial charge in [-0.25, -0.2) is 4.79 Å². The summed E-state index contributed by atoms with van der Waals surface area (Å²) in [5.41, 5.74) is 4.90. The summed E-state index contributed by atoms with van der Waals surface area (Å²) in [7, 11) is 0. The number of hydrogen-bond acceptors (Lipinski definition) is 5. The van der Waals surface area contributed by atoms with Crippen molar-refractivity contribution in [2.24, 2.45) is 5.73 Å². The molecule has 0 saturated heterocycles. The number of Topliss-reactive ketones (excluding diaryl/α,β-unsaturated/α-hetero) is 1. The first-order valence-electron chi connectivity index (χ1n) is 5.61. The van der Waals surface area contributed by atoms with Crippen LogP contribution in [0.15, 0.2) is 17.5 Å². The van der Waals surface area contributed by atoms with E-state index >= 15 is 0 Å². The summed E-state index contributed by atoms with van der Waals surface area (Å²) in [5.74, 6) is -0.196. The van der Waals surface area contributed by atoms with Crippen LogP contribution in [0.2, 0.25) is 0 Å². The molecule has 1 amide bonds. The molecule has 0 radical (unpaired) electrons. The molecule has 5 nitrogen and oxygen atoms in total. The number of alkyl carbamates (subject to hydrolysis) is 1. The van der Waals surface area contributed by atoms with Gasteiger partial charge in [0.05, 0.1) is 4.88 Å². The van der Waals surface area contributed by atoms with Crippen molar-refractivity contribution >= 4 is 23.2 Å². The number of nitrogens with one attached hydrogen (secondary N) is 1. The highest BCUT2D eigenvalue weighted by Crippen LogP contribution is 2.12. The van der Waals surface area contributed by atoms with Gasteiger partial charge >= 0.3 is 6.09 Å². The molecule has 1 aromatic rings. The average molecular weight is 270 g/mol. The van der Waals surface area contributed by atoms with E-state index in [0.717, 1.165) is 0 Å². The highest BCUT2D eigenvalue weighted by molar-refractivity contribution is 7.12. The van der Waals surface area contributed by atoms with E-state index in [0.29, 0.717) is 4.88 Å². The minimum Gasteiger partial charge on any atom is -0.444 e. The van der Waals surface area contributed by atoms with Crippen LogP contribution in [0.5, 0.6) is 0 Å². The van der Waals surface area contributed by atoms with Gasteiger partial charge in [0.2, 0.25) is 0 Å².